The molecule has 1 aliphatic heterocycles. The fraction of sp³-hybridized carbons (Fsp3) is 0.350. The zero-order valence-electron chi connectivity index (χ0n) is 13.5. The average Bonchev–Trinajstić information content (AvgIpc) is 3.04. The molecule has 1 aliphatic rings. The number of benzene rings is 2. The largest absolute Gasteiger partial charge is 0.494 e. The Bertz CT molecular complexity index is 688. The van der Waals surface area contributed by atoms with Crippen LogP contribution in [0, 0.1) is 11.3 Å². The van der Waals surface area contributed by atoms with Gasteiger partial charge in [-0.3, -0.25) is 4.90 Å². The minimum absolute atomic E-state index is 0.455. The number of ether oxygens (including phenoxy) is 1. The van der Waals surface area contributed by atoms with Gasteiger partial charge >= 0.3 is 0 Å². The number of nitrogens with zero attached hydrogens (tertiary/aromatic N) is 2. The lowest BCUT2D eigenvalue weighted by Gasteiger charge is -2.25. The van der Waals surface area contributed by atoms with Crippen LogP contribution in [-0.2, 0) is 6.54 Å². The van der Waals surface area contributed by atoms with Crippen molar-refractivity contribution < 1.29 is 4.74 Å². The Labute approximate surface area is 138 Å². The first-order chi connectivity index (χ1) is 11.3. The quantitative estimate of drug-likeness (QED) is 0.826. The fourth-order valence-electron chi connectivity index (χ4n) is 3.32. The van der Waals surface area contributed by atoms with Gasteiger partial charge in [0.05, 0.1) is 18.2 Å². The second-order valence-corrected chi connectivity index (χ2v) is 5.94. The van der Waals surface area contributed by atoms with E-state index in [0.29, 0.717) is 12.6 Å². The molecule has 2 aromatic carbocycles. The summed E-state index contributed by atoms with van der Waals surface area (Å²) in [5, 5.41) is 9.05. The molecule has 23 heavy (non-hydrogen) atoms. The first-order valence-corrected chi connectivity index (χ1v) is 8.26. The molecule has 3 nitrogen and oxygen atoms in total. The molecule has 3 rings (SSSR count). The summed E-state index contributed by atoms with van der Waals surface area (Å²) in [6.45, 7) is 4.70. The maximum atomic E-state index is 9.05. The molecule has 0 unspecified atom stereocenters. The van der Waals surface area contributed by atoms with Crippen LogP contribution in [0.5, 0.6) is 5.75 Å². The summed E-state index contributed by atoms with van der Waals surface area (Å²) in [4.78, 5) is 2.51. The van der Waals surface area contributed by atoms with Crippen LogP contribution < -0.4 is 4.74 Å². The van der Waals surface area contributed by atoms with Gasteiger partial charge in [-0.25, -0.2) is 0 Å². The van der Waals surface area contributed by atoms with Crippen molar-refractivity contribution in [1.29, 1.82) is 5.26 Å². The first kappa shape index (κ1) is 15.6. The number of hydrogen-bond donors (Lipinski definition) is 0. The Morgan fingerprint density at radius 2 is 2.04 bits per heavy atom. The van der Waals surface area contributed by atoms with Crippen LogP contribution in [0.1, 0.15) is 42.5 Å². The summed E-state index contributed by atoms with van der Waals surface area (Å²) in [5.41, 5.74) is 3.29. The Balaban J connectivity index is 1.73. The SMILES string of the molecule is CCOc1ccc([C@H]2CCCN2Cc2cccc(C#N)c2)cc1. The summed E-state index contributed by atoms with van der Waals surface area (Å²) in [7, 11) is 0. The highest BCUT2D eigenvalue weighted by molar-refractivity contribution is 5.33. The van der Waals surface area contributed by atoms with Gasteiger partial charge < -0.3 is 4.74 Å². The Hall–Kier alpha value is -2.31. The second-order valence-electron chi connectivity index (χ2n) is 5.94. The van der Waals surface area contributed by atoms with E-state index in [1.54, 1.807) is 0 Å². The van der Waals surface area contributed by atoms with Crippen LogP contribution in [0.25, 0.3) is 0 Å². The lowest BCUT2D eigenvalue weighted by Crippen LogP contribution is -2.22. The van der Waals surface area contributed by atoms with Crippen LogP contribution in [0.3, 0.4) is 0 Å². The average molecular weight is 306 g/mol. The van der Waals surface area contributed by atoms with Crippen molar-refractivity contribution in [2.75, 3.05) is 13.2 Å². The van der Waals surface area contributed by atoms with Gasteiger partial charge in [0.2, 0.25) is 0 Å². The van der Waals surface area contributed by atoms with Crippen molar-refractivity contribution >= 4 is 0 Å². The molecule has 0 aromatic heterocycles. The van der Waals surface area contributed by atoms with Crippen LogP contribution in [0.2, 0.25) is 0 Å². The van der Waals surface area contributed by atoms with Gasteiger partial charge in [-0.05, 0) is 61.7 Å². The maximum Gasteiger partial charge on any atom is 0.119 e. The molecule has 0 aliphatic carbocycles. The molecule has 2 aromatic rings. The highest BCUT2D eigenvalue weighted by Gasteiger charge is 2.25. The predicted octanol–water partition coefficient (Wildman–Crippen LogP) is 4.29. The standard InChI is InChI=1S/C20H22N2O/c1-2-23-19-10-8-18(9-11-19)20-7-4-12-22(20)15-17-6-3-5-16(13-17)14-21/h3,5-6,8-11,13,20H,2,4,7,12,15H2,1H3/t20-/m1/s1. The van der Waals surface area contributed by atoms with Crippen LogP contribution in [0.15, 0.2) is 48.5 Å². The van der Waals surface area contributed by atoms with Crippen molar-refractivity contribution in [2.24, 2.45) is 0 Å². The summed E-state index contributed by atoms with van der Waals surface area (Å²) in [6.07, 6.45) is 2.40. The van der Waals surface area contributed by atoms with Gasteiger partial charge in [-0.2, -0.15) is 5.26 Å². The molecule has 0 radical (unpaired) electrons. The number of likely N-dealkylation sites (tertiary alicyclic amines) is 1. The minimum atomic E-state index is 0.455. The maximum absolute atomic E-state index is 9.05. The smallest absolute Gasteiger partial charge is 0.119 e. The van der Waals surface area contributed by atoms with Gasteiger partial charge in [0.25, 0.3) is 0 Å². The van der Waals surface area contributed by atoms with Gasteiger partial charge in [0.15, 0.2) is 0 Å². The molecule has 3 heteroatoms. The van der Waals surface area contributed by atoms with Crippen LogP contribution in [0.4, 0.5) is 0 Å². The second kappa shape index (κ2) is 7.30. The Morgan fingerprint density at radius 1 is 1.22 bits per heavy atom. The predicted molar refractivity (Wildman–Crippen MR) is 91.2 cm³/mol. The first-order valence-electron chi connectivity index (χ1n) is 8.26. The van der Waals surface area contributed by atoms with Gasteiger partial charge in [0.1, 0.15) is 5.75 Å². The lowest BCUT2D eigenvalue weighted by atomic mass is 10.0. The highest BCUT2D eigenvalue weighted by atomic mass is 16.5. The molecule has 0 bridgehead atoms. The van der Waals surface area contributed by atoms with E-state index >= 15 is 0 Å². The lowest BCUT2D eigenvalue weighted by molar-refractivity contribution is 0.248. The summed E-state index contributed by atoms with van der Waals surface area (Å²) in [5.74, 6) is 0.933. The molecule has 0 spiro atoms. The molecular formula is C20H22N2O. The minimum Gasteiger partial charge on any atom is -0.494 e. The molecule has 118 valence electrons. The summed E-state index contributed by atoms with van der Waals surface area (Å²) in [6, 6.07) is 19.1. The summed E-state index contributed by atoms with van der Waals surface area (Å²) >= 11 is 0. The van der Waals surface area contributed by atoms with Crippen LogP contribution >= 0.6 is 0 Å². The number of hydrogen-bond acceptors (Lipinski definition) is 3. The zero-order chi connectivity index (χ0) is 16.1. The highest BCUT2D eigenvalue weighted by Crippen LogP contribution is 2.33. The summed E-state index contributed by atoms with van der Waals surface area (Å²) < 4.78 is 5.53. The van der Waals surface area contributed by atoms with Crippen LogP contribution in [-0.4, -0.2) is 18.1 Å². The third-order valence-corrected chi connectivity index (χ3v) is 4.38. The number of nitriles is 1. The van der Waals surface area contributed by atoms with Crippen molar-refractivity contribution in [3.05, 3.63) is 65.2 Å². The monoisotopic (exact) mass is 306 g/mol. The third kappa shape index (κ3) is 3.72. The van der Waals surface area contributed by atoms with E-state index in [0.717, 1.165) is 24.4 Å². The Kier molecular flexibility index (Phi) is 4.95. The van der Waals surface area contributed by atoms with Gasteiger partial charge in [-0.1, -0.05) is 24.3 Å². The van der Waals surface area contributed by atoms with Crippen molar-refractivity contribution in [3.63, 3.8) is 0 Å². The van der Waals surface area contributed by atoms with Gasteiger partial charge in [-0.15, -0.1) is 0 Å². The molecule has 1 atom stereocenters. The van der Waals surface area contributed by atoms with E-state index in [1.165, 1.54) is 24.0 Å². The third-order valence-electron chi connectivity index (χ3n) is 4.38. The van der Waals surface area contributed by atoms with E-state index in [4.69, 9.17) is 10.00 Å². The Morgan fingerprint density at radius 3 is 2.78 bits per heavy atom. The molecule has 0 saturated carbocycles. The van der Waals surface area contributed by atoms with E-state index in [2.05, 4.69) is 41.3 Å². The number of rotatable bonds is 5. The van der Waals surface area contributed by atoms with Crippen molar-refractivity contribution in [1.82, 2.24) is 4.90 Å². The molecule has 0 N–H and O–H groups in total. The molecule has 1 saturated heterocycles. The molecule has 0 amide bonds. The fourth-order valence-corrected chi connectivity index (χ4v) is 3.32. The molecule has 1 heterocycles. The van der Waals surface area contributed by atoms with E-state index in [9.17, 15) is 0 Å². The molecule has 1 fully saturated rings. The van der Waals surface area contributed by atoms with Gasteiger partial charge in [0, 0.05) is 12.6 Å². The van der Waals surface area contributed by atoms with E-state index < -0.39 is 0 Å². The topological polar surface area (TPSA) is 36.3 Å². The van der Waals surface area contributed by atoms with Crippen molar-refractivity contribution in [3.8, 4) is 11.8 Å². The normalized spacial score (nSPS) is 17.8. The zero-order valence-corrected chi connectivity index (χ0v) is 13.5. The van der Waals surface area contributed by atoms with Crippen molar-refractivity contribution in [2.45, 2.75) is 32.4 Å². The van der Waals surface area contributed by atoms with E-state index in [1.807, 2.05) is 25.1 Å². The van der Waals surface area contributed by atoms with E-state index in [-0.39, 0.29) is 0 Å². The molecular weight excluding hydrogens is 284 g/mol.